The molecule has 1 aliphatic heterocycles. The van der Waals surface area contributed by atoms with Gasteiger partial charge in [-0.2, -0.15) is 4.31 Å². The highest BCUT2D eigenvalue weighted by Crippen LogP contribution is 2.25. The summed E-state index contributed by atoms with van der Waals surface area (Å²) in [5.74, 6) is 0.415. The molecule has 1 atom stereocenters. The van der Waals surface area contributed by atoms with Crippen LogP contribution in [0, 0.1) is 5.92 Å². The van der Waals surface area contributed by atoms with Crippen LogP contribution in [0.25, 0.3) is 0 Å². The molecular weight excluding hydrogens is 240 g/mol. The van der Waals surface area contributed by atoms with Gasteiger partial charge in [-0.3, -0.25) is 0 Å². The molecule has 0 saturated carbocycles. The number of rotatable bonds is 3. The zero-order chi connectivity index (χ0) is 12.5. The summed E-state index contributed by atoms with van der Waals surface area (Å²) >= 11 is 0. The minimum atomic E-state index is -3.44. The van der Waals surface area contributed by atoms with Crippen LogP contribution in [0.5, 0.6) is 0 Å². The van der Waals surface area contributed by atoms with Crippen LogP contribution in [0.1, 0.15) is 19.8 Å². The Balaban J connectivity index is 2.07. The SMILES string of the molecule is CC(N)C1CCN(S(=O)(=O)c2ccco2)CC1. The van der Waals surface area contributed by atoms with Gasteiger partial charge in [-0.05, 0) is 37.8 Å². The van der Waals surface area contributed by atoms with E-state index in [0.717, 1.165) is 12.8 Å². The van der Waals surface area contributed by atoms with Crippen molar-refractivity contribution in [2.45, 2.75) is 30.9 Å². The normalized spacial score (nSPS) is 21.5. The summed E-state index contributed by atoms with van der Waals surface area (Å²) in [5, 5.41) is 0.0248. The second-order valence-electron chi connectivity index (χ2n) is 4.53. The maximum atomic E-state index is 12.1. The third-order valence-electron chi connectivity index (χ3n) is 3.33. The van der Waals surface area contributed by atoms with Gasteiger partial charge in [0.15, 0.2) is 0 Å². The predicted molar refractivity (Wildman–Crippen MR) is 63.8 cm³/mol. The quantitative estimate of drug-likeness (QED) is 0.878. The second-order valence-corrected chi connectivity index (χ2v) is 6.40. The van der Waals surface area contributed by atoms with E-state index in [1.54, 1.807) is 6.07 Å². The Morgan fingerprint density at radius 3 is 2.59 bits per heavy atom. The first-order chi connectivity index (χ1) is 8.01. The fourth-order valence-electron chi connectivity index (χ4n) is 2.18. The number of piperidine rings is 1. The maximum Gasteiger partial charge on any atom is 0.276 e. The van der Waals surface area contributed by atoms with Crippen molar-refractivity contribution < 1.29 is 12.8 Å². The molecule has 0 radical (unpaired) electrons. The first-order valence-electron chi connectivity index (χ1n) is 5.81. The number of sulfonamides is 1. The molecule has 2 rings (SSSR count). The summed E-state index contributed by atoms with van der Waals surface area (Å²) < 4.78 is 30.7. The van der Waals surface area contributed by atoms with E-state index in [2.05, 4.69) is 0 Å². The zero-order valence-corrected chi connectivity index (χ0v) is 10.7. The van der Waals surface area contributed by atoms with Crippen molar-refractivity contribution in [3.8, 4) is 0 Å². The Kier molecular flexibility index (Phi) is 3.56. The summed E-state index contributed by atoms with van der Waals surface area (Å²) in [6.07, 6.45) is 3.01. The Morgan fingerprint density at radius 2 is 2.12 bits per heavy atom. The van der Waals surface area contributed by atoms with E-state index in [4.69, 9.17) is 10.2 Å². The van der Waals surface area contributed by atoms with Crippen LogP contribution in [-0.4, -0.2) is 31.9 Å². The lowest BCUT2D eigenvalue weighted by Gasteiger charge is -2.32. The first kappa shape index (κ1) is 12.6. The Labute approximate surface area is 102 Å². The summed E-state index contributed by atoms with van der Waals surface area (Å²) in [5.41, 5.74) is 5.83. The molecular formula is C11H18N2O3S. The van der Waals surface area contributed by atoms with Crippen molar-refractivity contribution in [2.75, 3.05) is 13.1 Å². The van der Waals surface area contributed by atoms with Crippen LogP contribution in [0.4, 0.5) is 0 Å². The van der Waals surface area contributed by atoms with Crippen molar-refractivity contribution >= 4 is 10.0 Å². The van der Waals surface area contributed by atoms with Crippen LogP contribution in [0.15, 0.2) is 27.9 Å². The molecule has 0 spiro atoms. The van der Waals surface area contributed by atoms with Gasteiger partial charge in [0, 0.05) is 19.1 Å². The highest BCUT2D eigenvalue weighted by molar-refractivity contribution is 7.89. The van der Waals surface area contributed by atoms with E-state index in [-0.39, 0.29) is 11.1 Å². The van der Waals surface area contributed by atoms with Crippen LogP contribution in [-0.2, 0) is 10.0 Å². The molecule has 2 N–H and O–H groups in total. The first-order valence-corrected chi connectivity index (χ1v) is 7.25. The van der Waals surface area contributed by atoms with Gasteiger partial charge in [-0.15, -0.1) is 0 Å². The molecule has 17 heavy (non-hydrogen) atoms. The lowest BCUT2D eigenvalue weighted by atomic mass is 9.92. The van der Waals surface area contributed by atoms with E-state index in [9.17, 15) is 8.42 Å². The van der Waals surface area contributed by atoms with Gasteiger partial charge in [-0.25, -0.2) is 8.42 Å². The molecule has 5 nitrogen and oxygen atoms in total. The van der Waals surface area contributed by atoms with Gasteiger partial charge in [0.05, 0.1) is 6.26 Å². The summed E-state index contributed by atoms with van der Waals surface area (Å²) in [6.45, 7) is 3.02. The standard InChI is InChI=1S/C11H18N2O3S/c1-9(12)10-4-6-13(7-5-10)17(14,15)11-3-2-8-16-11/h2-3,8-10H,4-7,12H2,1H3. The van der Waals surface area contributed by atoms with Gasteiger partial charge in [0.1, 0.15) is 0 Å². The second kappa shape index (κ2) is 4.80. The van der Waals surface area contributed by atoms with E-state index < -0.39 is 10.0 Å². The van der Waals surface area contributed by atoms with Gasteiger partial charge < -0.3 is 10.2 Å². The highest BCUT2D eigenvalue weighted by atomic mass is 32.2. The van der Waals surface area contributed by atoms with Gasteiger partial charge >= 0.3 is 0 Å². The minimum absolute atomic E-state index is 0.0248. The molecule has 1 saturated heterocycles. The fraction of sp³-hybridized carbons (Fsp3) is 0.636. The molecule has 1 unspecified atom stereocenters. The smallest absolute Gasteiger partial charge is 0.276 e. The van der Waals surface area contributed by atoms with E-state index in [0.29, 0.717) is 19.0 Å². The Bertz CT molecular complexity index is 445. The van der Waals surface area contributed by atoms with E-state index in [1.807, 2.05) is 6.92 Å². The van der Waals surface area contributed by atoms with E-state index in [1.165, 1.54) is 16.6 Å². The van der Waals surface area contributed by atoms with Crippen LogP contribution >= 0.6 is 0 Å². The number of hydrogen-bond donors (Lipinski definition) is 1. The van der Waals surface area contributed by atoms with E-state index >= 15 is 0 Å². The molecule has 1 aromatic rings. The lowest BCUT2D eigenvalue weighted by molar-refractivity contribution is 0.247. The molecule has 2 heterocycles. The van der Waals surface area contributed by atoms with Gasteiger partial charge in [0.2, 0.25) is 5.09 Å². The number of furan rings is 1. The molecule has 1 aromatic heterocycles. The molecule has 0 aliphatic carbocycles. The molecule has 6 heteroatoms. The summed E-state index contributed by atoms with van der Waals surface area (Å²) in [4.78, 5) is 0. The molecule has 96 valence electrons. The van der Waals surface area contributed by atoms with Crippen molar-refractivity contribution in [2.24, 2.45) is 11.7 Å². The van der Waals surface area contributed by atoms with Crippen molar-refractivity contribution in [1.82, 2.24) is 4.31 Å². The highest BCUT2D eigenvalue weighted by Gasteiger charge is 2.31. The third kappa shape index (κ3) is 2.53. The predicted octanol–water partition coefficient (Wildman–Crippen LogP) is 1.03. The average molecular weight is 258 g/mol. The zero-order valence-electron chi connectivity index (χ0n) is 9.87. The summed E-state index contributed by atoms with van der Waals surface area (Å²) in [6, 6.07) is 3.19. The monoisotopic (exact) mass is 258 g/mol. The maximum absolute atomic E-state index is 12.1. The van der Waals surface area contributed by atoms with Gasteiger partial charge in [-0.1, -0.05) is 0 Å². The van der Waals surface area contributed by atoms with Gasteiger partial charge in [0.25, 0.3) is 10.0 Å². The molecule has 1 aliphatic rings. The molecule has 0 amide bonds. The summed E-state index contributed by atoms with van der Waals surface area (Å²) in [7, 11) is -3.44. The fourth-order valence-corrected chi connectivity index (χ4v) is 3.55. The number of nitrogens with two attached hydrogens (primary N) is 1. The lowest BCUT2D eigenvalue weighted by Crippen LogP contribution is -2.42. The molecule has 0 aromatic carbocycles. The minimum Gasteiger partial charge on any atom is -0.452 e. The molecule has 0 bridgehead atoms. The Morgan fingerprint density at radius 1 is 1.47 bits per heavy atom. The Hall–Kier alpha value is -0.850. The number of nitrogens with zero attached hydrogens (tertiary/aromatic N) is 1. The van der Waals surface area contributed by atoms with Crippen LogP contribution < -0.4 is 5.73 Å². The van der Waals surface area contributed by atoms with Crippen LogP contribution in [0.3, 0.4) is 0 Å². The van der Waals surface area contributed by atoms with Crippen molar-refractivity contribution in [3.63, 3.8) is 0 Å². The third-order valence-corrected chi connectivity index (χ3v) is 5.12. The van der Waals surface area contributed by atoms with Crippen molar-refractivity contribution in [3.05, 3.63) is 18.4 Å². The van der Waals surface area contributed by atoms with Crippen molar-refractivity contribution in [1.29, 1.82) is 0 Å². The van der Waals surface area contributed by atoms with Crippen LogP contribution in [0.2, 0.25) is 0 Å². The topological polar surface area (TPSA) is 76.5 Å². The number of hydrogen-bond acceptors (Lipinski definition) is 4. The molecule has 1 fully saturated rings. The average Bonchev–Trinajstić information content (AvgIpc) is 2.83. The largest absolute Gasteiger partial charge is 0.452 e.